The number of allylic oxidation sites excluding steroid dienone is 5. The summed E-state index contributed by atoms with van der Waals surface area (Å²) in [7, 11) is 0. The van der Waals surface area contributed by atoms with Crippen LogP contribution >= 0.6 is 0 Å². The average molecular weight is 315 g/mol. The molecule has 2 rings (SSSR count). The largest absolute Gasteiger partial charge is 0.444 e. The summed E-state index contributed by atoms with van der Waals surface area (Å²) in [5.41, 5.74) is 2.68. The van der Waals surface area contributed by atoms with E-state index in [0.717, 1.165) is 23.4 Å². The van der Waals surface area contributed by atoms with Crippen LogP contribution in [-0.2, 0) is 17.7 Å². The maximum Gasteiger partial charge on any atom is 0.410 e. The van der Waals surface area contributed by atoms with Gasteiger partial charge in [-0.25, -0.2) is 9.48 Å². The summed E-state index contributed by atoms with van der Waals surface area (Å²) in [6.07, 6.45) is 9.94. The van der Waals surface area contributed by atoms with Gasteiger partial charge in [0.25, 0.3) is 0 Å². The zero-order valence-corrected chi connectivity index (χ0v) is 14.4. The Labute approximate surface area is 137 Å². The summed E-state index contributed by atoms with van der Waals surface area (Å²) in [6, 6.07) is 0. The van der Waals surface area contributed by atoms with Crippen LogP contribution < -0.4 is 0 Å². The fraction of sp³-hybridized carbons (Fsp3) is 0.444. The second-order valence-electron chi connectivity index (χ2n) is 6.51. The number of hydrogen-bond donors (Lipinski definition) is 0. The first-order valence-corrected chi connectivity index (χ1v) is 7.85. The summed E-state index contributed by atoms with van der Waals surface area (Å²) < 4.78 is 7.37. The molecule has 0 aromatic carbocycles. The molecule has 5 nitrogen and oxygen atoms in total. The van der Waals surface area contributed by atoms with Crippen LogP contribution in [0.4, 0.5) is 4.79 Å². The molecule has 0 radical (unpaired) electrons. The molecule has 1 amide bonds. The van der Waals surface area contributed by atoms with Gasteiger partial charge in [0.1, 0.15) is 5.60 Å². The van der Waals surface area contributed by atoms with Crippen molar-refractivity contribution in [2.45, 2.75) is 46.3 Å². The molecule has 0 aliphatic carbocycles. The molecular formula is C18H25N3O2. The Hall–Kier alpha value is -2.30. The van der Waals surface area contributed by atoms with Gasteiger partial charge in [-0.2, -0.15) is 5.10 Å². The number of hydrogen-bond acceptors (Lipinski definition) is 3. The van der Waals surface area contributed by atoms with E-state index >= 15 is 0 Å². The van der Waals surface area contributed by atoms with Crippen molar-refractivity contribution in [2.24, 2.45) is 0 Å². The van der Waals surface area contributed by atoms with Crippen molar-refractivity contribution in [3.05, 3.63) is 48.3 Å². The Morgan fingerprint density at radius 3 is 2.78 bits per heavy atom. The maximum atomic E-state index is 12.2. The van der Waals surface area contributed by atoms with Crippen LogP contribution in [0, 0.1) is 0 Å². The van der Waals surface area contributed by atoms with Crippen molar-refractivity contribution >= 4 is 11.8 Å². The molecule has 2 heterocycles. The summed E-state index contributed by atoms with van der Waals surface area (Å²) in [4.78, 5) is 13.9. The fourth-order valence-electron chi connectivity index (χ4n) is 2.52. The summed E-state index contributed by atoms with van der Waals surface area (Å²) in [5, 5.41) is 4.47. The van der Waals surface area contributed by atoms with Gasteiger partial charge < -0.3 is 9.64 Å². The number of aromatic nitrogens is 2. The highest BCUT2D eigenvalue weighted by Crippen LogP contribution is 2.23. The lowest BCUT2D eigenvalue weighted by Crippen LogP contribution is -2.40. The summed E-state index contributed by atoms with van der Waals surface area (Å²) >= 11 is 0. The number of rotatable bonds is 3. The predicted molar refractivity (Wildman–Crippen MR) is 91.9 cm³/mol. The maximum absolute atomic E-state index is 12.2. The molecule has 0 saturated heterocycles. The Morgan fingerprint density at radius 2 is 2.17 bits per heavy atom. The molecule has 0 atom stereocenters. The van der Waals surface area contributed by atoms with Gasteiger partial charge >= 0.3 is 6.09 Å². The van der Waals surface area contributed by atoms with Crippen LogP contribution in [0.15, 0.2) is 37.1 Å². The van der Waals surface area contributed by atoms with E-state index < -0.39 is 5.60 Å². The number of amides is 1. The van der Waals surface area contributed by atoms with Gasteiger partial charge in [-0.1, -0.05) is 18.7 Å². The van der Waals surface area contributed by atoms with E-state index in [4.69, 9.17) is 4.74 Å². The van der Waals surface area contributed by atoms with Gasteiger partial charge in [0.2, 0.25) is 0 Å². The summed E-state index contributed by atoms with van der Waals surface area (Å²) in [5.74, 6) is 0. The first-order chi connectivity index (χ1) is 10.9. The second-order valence-corrected chi connectivity index (χ2v) is 6.51. The molecule has 0 bridgehead atoms. The predicted octanol–water partition coefficient (Wildman–Crippen LogP) is 3.78. The van der Waals surface area contributed by atoms with Gasteiger partial charge in [-0.15, -0.1) is 0 Å². The molecule has 0 spiro atoms. The van der Waals surface area contributed by atoms with E-state index in [-0.39, 0.29) is 6.09 Å². The van der Waals surface area contributed by atoms with Gasteiger partial charge in [-0.05, 0) is 39.8 Å². The van der Waals surface area contributed by atoms with Crippen molar-refractivity contribution in [3.8, 4) is 0 Å². The zero-order valence-electron chi connectivity index (χ0n) is 14.4. The highest BCUT2D eigenvalue weighted by Gasteiger charge is 2.27. The second kappa shape index (κ2) is 6.86. The van der Waals surface area contributed by atoms with E-state index in [1.54, 1.807) is 11.0 Å². The third kappa shape index (κ3) is 4.12. The molecule has 0 fully saturated rings. The lowest BCUT2D eigenvalue weighted by Gasteiger charge is -2.30. The normalized spacial score (nSPS) is 15.7. The van der Waals surface area contributed by atoms with Crippen molar-refractivity contribution in [1.82, 2.24) is 14.7 Å². The number of nitrogens with zero attached hydrogens (tertiary/aromatic N) is 3. The third-order valence-corrected chi connectivity index (χ3v) is 3.46. The molecule has 1 aliphatic heterocycles. The monoisotopic (exact) mass is 315 g/mol. The van der Waals surface area contributed by atoms with Crippen molar-refractivity contribution in [1.29, 1.82) is 0 Å². The van der Waals surface area contributed by atoms with Crippen LogP contribution in [-0.4, -0.2) is 32.9 Å². The Morgan fingerprint density at radius 1 is 1.43 bits per heavy atom. The quantitative estimate of drug-likeness (QED) is 0.798. The minimum Gasteiger partial charge on any atom is -0.444 e. The average Bonchev–Trinajstić information content (AvgIpc) is 2.88. The van der Waals surface area contributed by atoms with Gasteiger partial charge in [0.05, 0.1) is 24.1 Å². The molecule has 23 heavy (non-hydrogen) atoms. The highest BCUT2D eigenvalue weighted by molar-refractivity contribution is 5.69. The Balaban J connectivity index is 2.20. The smallest absolute Gasteiger partial charge is 0.410 e. The number of carbonyl (C=O) groups is 1. The van der Waals surface area contributed by atoms with Crippen LogP contribution in [0.3, 0.4) is 0 Å². The third-order valence-electron chi connectivity index (χ3n) is 3.46. The molecule has 0 saturated carbocycles. The van der Waals surface area contributed by atoms with E-state index in [9.17, 15) is 4.79 Å². The van der Waals surface area contributed by atoms with Crippen LogP contribution in [0.5, 0.6) is 0 Å². The van der Waals surface area contributed by atoms with E-state index in [1.165, 1.54) is 0 Å². The highest BCUT2D eigenvalue weighted by atomic mass is 16.6. The number of carbonyl (C=O) groups excluding carboxylic acids is 1. The molecule has 1 aliphatic rings. The molecular weight excluding hydrogens is 290 g/mol. The van der Waals surface area contributed by atoms with E-state index in [1.807, 2.05) is 56.8 Å². The SMILES string of the molecule is C=C/C=C(\C=C/C)n1ncc2c1CCN(C(=O)OC(C)(C)C)C2. The Kier molecular flexibility index (Phi) is 5.08. The van der Waals surface area contributed by atoms with Crippen LogP contribution in [0.1, 0.15) is 39.0 Å². The molecule has 1 aromatic rings. The van der Waals surface area contributed by atoms with Crippen molar-refractivity contribution in [2.75, 3.05) is 6.54 Å². The standard InChI is InChI=1S/C18H25N3O2/c1-6-8-15(9-7-2)21-16-10-11-20(13-14(16)12-19-21)17(22)23-18(3,4)5/h6-9,12H,1,10-11,13H2,2-5H3/b9-7-,15-8+. The molecule has 124 valence electrons. The number of fused-ring (bicyclic) bond motifs is 1. The van der Waals surface area contributed by atoms with Crippen LogP contribution in [0.2, 0.25) is 0 Å². The summed E-state index contributed by atoms with van der Waals surface area (Å²) in [6.45, 7) is 12.5. The zero-order chi connectivity index (χ0) is 17.0. The number of ether oxygens (including phenoxy) is 1. The topological polar surface area (TPSA) is 47.4 Å². The first kappa shape index (κ1) is 17.1. The van der Waals surface area contributed by atoms with Crippen LogP contribution in [0.25, 0.3) is 5.70 Å². The van der Waals surface area contributed by atoms with Gasteiger partial charge in [0.15, 0.2) is 0 Å². The minimum absolute atomic E-state index is 0.272. The molecule has 0 N–H and O–H groups in total. The lowest BCUT2D eigenvalue weighted by molar-refractivity contribution is 0.0223. The Bertz CT molecular complexity index is 648. The minimum atomic E-state index is -0.479. The van der Waals surface area contributed by atoms with Gasteiger partial charge in [-0.3, -0.25) is 0 Å². The first-order valence-electron chi connectivity index (χ1n) is 7.85. The molecule has 5 heteroatoms. The van der Waals surface area contributed by atoms with Crippen molar-refractivity contribution < 1.29 is 9.53 Å². The fourth-order valence-corrected chi connectivity index (χ4v) is 2.52. The van der Waals surface area contributed by atoms with Crippen molar-refractivity contribution in [3.63, 3.8) is 0 Å². The van der Waals surface area contributed by atoms with E-state index in [0.29, 0.717) is 13.1 Å². The lowest BCUT2D eigenvalue weighted by atomic mass is 10.1. The molecule has 0 unspecified atom stereocenters. The van der Waals surface area contributed by atoms with Gasteiger partial charge in [0, 0.05) is 18.5 Å². The van der Waals surface area contributed by atoms with E-state index in [2.05, 4.69) is 11.7 Å². The molecule has 1 aromatic heterocycles.